The van der Waals surface area contributed by atoms with Gasteiger partial charge in [0.25, 0.3) is 0 Å². The molecule has 0 aliphatic heterocycles. The Bertz CT molecular complexity index is 1230. The third-order valence-corrected chi connectivity index (χ3v) is 7.48. The second-order valence-electron chi connectivity index (χ2n) is 10.4. The van der Waals surface area contributed by atoms with Gasteiger partial charge in [-0.25, -0.2) is 9.97 Å². The van der Waals surface area contributed by atoms with E-state index in [1.807, 2.05) is 73.1 Å². The molecule has 0 aliphatic rings. The molecule has 1 unspecified atom stereocenters. The van der Waals surface area contributed by atoms with Crippen molar-refractivity contribution in [2.45, 2.75) is 25.6 Å². The molecular formula is C33H41ClN6O. The smallest absolute Gasteiger partial charge is 0.128 e. The topological polar surface area (TPSA) is 67.8 Å². The van der Waals surface area contributed by atoms with Gasteiger partial charge in [-0.15, -0.1) is 0 Å². The van der Waals surface area contributed by atoms with Crippen LogP contribution in [0.4, 0.5) is 11.6 Å². The molecule has 1 atom stereocenters. The summed E-state index contributed by atoms with van der Waals surface area (Å²) in [7, 11) is 4.18. The number of likely N-dealkylation sites (N-methyl/N-ethyl adjacent to an activating group) is 2. The molecule has 216 valence electrons. The number of rotatable bonds is 16. The molecule has 0 amide bonds. The van der Waals surface area contributed by atoms with Crippen LogP contribution >= 0.6 is 11.6 Å². The number of hydrogen-bond donors (Lipinski definition) is 2. The molecule has 41 heavy (non-hydrogen) atoms. The van der Waals surface area contributed by atoms with Crippen LogP contribution in [0.25, 0.3) is 0 Å². The van der Waals surface area contributed by atoms with Crippen LogP contribution in [-0.4, -0.2) is 72.9 Å². The summed E-state index contributed by atoms with van der Waals surface area (Å²) < 4.78 is 0. The number of aliphatic hydroxyl groups excluding tert-OH is 1. The minimum atomic E-state index is -0.0152. The van der Waals surface area contributed by atoms with Gasteiger partial charge < -0.3 is 20.2 Å². The van der Waals surface area contributed by atoms with E-state index in [9.17, 15) is 5.11 Å². The number of nitrogens with zero attached hydrogens (tertiary/aromatic N) is 5. The van der Waals surface area contributed by atoms with Crippen molar-refractivity contribution >= 4 is 23.2 Å². The van der Waals surface area contributed by atoms with Gasteiger partial charge in [-0.1, -0.05) is 60.1 Å². The average molecular weight is 573 g/mol. The van der Waals surface area contributed by atoms with Crippen LogP contribution in [0.15, 0.2) is 97.3 Å². The number of aliphatic hydroxyl groups is 1. The summed E-state index contributed by atoms with van der Waals surface area (Å²) in [6.45, 7) is 5.22. The minimum absolute atomic E-state index is 0.0152. The largest absolute Gasteiger partial charge is 0.395 e. The van der Waals surface area contributed by atoms with Gasteiger partial charge in [0.1, 0.15) is 11.6 Å². The normalized spacial score (nSPS) is 11.9. The summed E-state index contributed by atoms with van der Waals surface area (Å²) in [4.78, 5) is 15.9. The van der Waals surface area contributed by atoms with Crippen molar-refractivity contribution in [2.24, 2.45) is 0 Å². The van der Waals surface area contributed by atoms with Crippen LogP contribution in [0.1, 0.15) is 16.7 Å². The van der Waals surface area contributed by atoms with E-state index in [0.29, 0.717) is 6.54 Å². The molecule has 4 rings (SSSR count). The molecule has 0 spiro atoms. The van der Waals surface area contributed by atoms with E-state index in [2.05, 4.69) is 68.3 Å². The Morgan fingerprint density at radius 2 is 1.24 bits per heavy atom. The number of hydrogen-bond acceptors (Lipinski definition) is 7. The van der Waals surface area contributed by atoms with E-state index in [4.69, 9.17) is 11.6 Å². The second kappa shape index (κ2) is 16.1. The Morgan fingerprint density at radius 3 is 1.76 bits per heavy atom. The average Bonchev–Trinajstić information content (AvgIpc) is 3.02. The molecule has 0 saturated heterocycles. The predicted octanol–water partition coefficient (Wildman–Crippen LogP) is 4.90. The zero-order valence-corrected chi connectivity index (χ0v) is 24.8. The van der Waals surface area contributed by atoms with Crippen molar-refractivity contribution in [3.8, 4) is 0 Å². The highest BCUT2D eigenvalue weighted by atomic mass is 35.5. The zero-order valence-electron chi connectivity index (χ0n) is 24.0. The number of benzene rings is 2. The van der Waals surface area contributed by atoms with E-state index in [-0.39, 0.29) is 12.6 Å². The first-order chi connectivity index (χ1) is 20.0. The summed E-state index contributed by atoms with van der Waals surface area (Å²) in [5.74, 6) is 1.96. The van der Waals surface area contributed by atoms with Gasteiger partial charge in [-0.2, -0.15) is 0 Å². The third-order valence-electron chi connectivity index (χ3n) is 7.22. The van der Waals surface area contributed by atoms with Crippen molar-refractivity contribution in [1.82, 2.24) is 20.2 Å². The molecule has 8 heteroatoms. The third kappa shape index (κ3) is 10.1. The molecule has 2 heterocycles. The monoisotopic (exact) mass is 572 g/mol. The summed E-state index contributed by atoms with van der Waals surface area (Å²) in [5, 5.41) is 14.1. The minimum Gasteiger partial charge on any atom is -0.395 e. The second-order valence-corrected chi connectivity index (χ2v) is 10.8. The Balaban J connectivity index is 1.33. The molecule has 0 fully saturated rings. The number of anilines is 2. The molecule has 0 saturated carbocycles. The molecule has 7 nitrogen and oxygen atoms in total. The fourth-order valence-corrected chi connectivity index (χ4v) is 4.76. The summed E-state index contributed by atoms with van der Waals surface area (Å²) in [6, 6.07) is 28.6. The lowest BCUT2D eigenvalue weighted by Gasteiger charge is -2.28. The SMILES string of the molecule is CN(CCN(CCN(C)c1ccccn1)Cc1ccc(CNC(CO)Cc2ccc(Cl)cc2)cc1)c1ccccn1. The standard InChI is InChI=1S/C33H41ClN6O/c1-38(32-7-3-5-17-35-32)19-21-40(22-20-39(2)33-8-4-6-18-36-33)25-29-11-9-28(10-12-29)24-37-31(26-41)23-27-13-15-30(34)16-14-27/h3-18,31,37,41H,19-26H2,1-2H3. The molecule has 2 aromatic heterocycles. The van der Waals surface area contributed by atoms with Gasteiger partial charge in [0, 0.05) is 76.8 Å². The van der Waals surface area contributed by atoms with E-state index in [0.717, 1.165) is 61.4 Å². The van der Waals surface area contributed by atoms with Crippen LogP contribution in [0.5, 0.6) is 0 Å². The molecule has 2 aromatic carbocycles. The lowest BCUT2D eigenvalue weighted by Crippen LogP contribution is -2.38. The van der Waals surface area contributed by atoms with Crippen LogP contribution in [0, 0.1) is 0 Å². The first-order valence-corrected chi connectivity index (χ1v) is 14.5. The van der Waals surface area contributed by atoms with Gasteiger partial charge in [0.15, 0.2) is 0 Å². The van der Waals surface area contributed by atoms with Crippen molar-refractivity contribution in [1.29, 1.82) is 0 Å². The van der Waals surface area contributed by atoms with Crippen molar-refractivity contribution in [3.05, 3.63) is 119 Å². The van der Waals surface area contributed by atoms with Crippen LogP contribution in [-0.2, 0) is 19.5 Å². The van der Waals surface area contributed by atoms with Crippen LogP contribution in [0.2, 0.25) is 5.02 Å². The highest BCUT2D eigenvalue weighted by molar-refractivity contribution is 6.30. The maximum atomic E-state index is 9.88. The van der Waals surface area contributed by atoms with Gasteiger partial charge in [0.05, 0.1) is 6.61 Å². The summed E-state index contributed by atoms with van der Waals surface area (Å²) >= 11 is 6.00. The summed E-state index contributed by atoms with van der Waals surface area (Å²) in [6.07, 6.45) is 4.42. The maximum absolute atomic E-state index is 9.88. The molecule has 0 radical (unpaired) electrons. The van der Waals surface area contributed by atoms with Crippen molar-refractivity contribution in [3.63, 3.8) is 0 Å². The lowest BCUT2D eigenvalue weighted by molar-refractivity contribution is 0.241. The van der Waals surface area contributed by atoms with E-state index in [1.165, 1.54) is 11.1 Å². The molecule has 0 aliphatic carbocycles. The Labute approximate surface area is 249 Å². The predicted molar refractivity (Wildman–Crippen MR) is 170 cm³/mol. The van der Waals surface area contributed by atoms with Gasteiger partial charge >= 0.3 is 0 Å². The number of nitrogens with one attached hydrogen (secondary N) is 1. The first-order valence-electron chi connectivity index (χ1n) is 14.1. The van der Waals surface area contributed by atoms with E-state index in [1.54, 1.807) is 0 Å². The van der Waals surface area contributed by atoms with Gasteiger partial charge in [0.2, 0.25) is 0 Å². The quantitative estimate of drug-likeness (QED) is 0.198. The lowest BCUT2D eigenvalue weighted by atomic mass is 10.1. The Hall–Kier alpha value is -3.49. The maximum Gasteiger partial charge on any atom is 0.128 e. The Kier molecular flexibility index (Phi) is 11.9. The summed E-state index contributed by atoms with van der Waals surface area (Å²) in [5.41, 5.74) is 3.62. The molecular weight excluding hydrogens is 532 g/mol. The first kappa shape index (κ1) is 30.5. The fourth-order valence-electron chi connectivity index (χ4n) is 4.63. The molecule has 4 aromatic rings. The van der Waals surface area contributed by atoms with Crippen LogP contribution < -0.4 is 15.1 Å². The van der Waals surface area contributed by atoms with Crippen LogP contribution in [0.3, 0.4) is 0 Å². The molecule has 2 N–H and O–H groups in total. The highest BCUT2D eigenvalue weighted by Gasteiger charge is 2.12. The van der Waals surface area contributed by atoms with E-state index >= 15 is 0 Å². The number of halogens is 1. The molecule has 0 bridgehead atoms. The fraction of sp³-hybridized carbons (Fsp3) is 0.333. The van der Waals surface area contributed by atoms with Crippen molar-refractivity contribution < 1.29 is 5.11 Å². The number of pyridine rings is 2. The van der Waals surface area contributed by atoms with E-state index < -0.39 is 0 Å². The zero-order chi connectivity index (χ0) is 28.9. The van der Waals surface area contributed by atoms with Gasteiger partial charge in [-0.3, -0.25) is 4.90 Å². The Morgan fingerprint density at radius 1 is 0.707 bits per heavy atom. The van der Waals surface area contributed by atoms with Crippen molar-refractivity contribution in [2.75, 3.05) is 56.7 Å². The highest BCUT2D eigenvalue weighted by Crippen LogP contribution is 2.14. The number of aromatic nitrogens is 2. The van der Waals surface area contributed by atoms with Gasteiger partial charge in [-0.05, 0) is 59.5 Å².